The summed E-state index contributed by atoms with van der Waals surface area (Å²) in [7, 11) is 0. The van der Waals surface area contributed by atoms with Gasteiger partial charge in [-0.2, -0.15) is 5.10 Å². The lowest BCUT2D eigenvalue weighted by Crippen LogP contribution is -2.43. The highest BCUT2D eigenvalue weighted by atomic mass is 16.5. The molecule has 0 bridgehead atoms. The standard InChI is InChI=1S/C13H18N4O3/c1-9-14-12(16-15-9)11-7-17(4-6-20-11)13(18)10-3-2-5-19-8-10/h8,11H,2-7H2,1H3,(H,14,15,16)/t11-/m0/s1. The third-order valence-electron chi connectivity index (χ3n) is 3.46. The van der Waals surface area contributed by atoms with E-state index in [2.05, 4.69) is 15.2 Å². The van der Waals surface area contributed by atoms with Crippen LogP contribution in [-0.4, -0.2) is 52.3 Å². The molecule has 1 fully saturated rings. The van der Waals surface area contributed by atoms with Crippen molar-refractivity contribution in [2.24, 2.45) is 0 Å². The molecule has 0 aromatic carbocycles. The number of aromatic nitrogens is 3. The Morgan fingerprint density at radius 2 is 2.40 bits per heavy atom. The van der Waals surface area contributed by atoms with Crippen LogP contribution in [0.5, 0.6) is 0 Å². The molecule has 2 aliphatic rings. The van der Waals surface area contributed by atoms with Crippen molar-refractivity contribution in [2.75, 3.05) is 26.3 Å². The first kappa shape index (κ1) is 13.1. The third-order valence-corrected chi connectivity index (χ3v) is 3.46. The molecule has 1 aromatic heterocycles. The highest BCUT2D eigenvalue weighted by Gasteiger charge is 2.29. The Bertz CT molecular complexity index is 525. The van der Waals surface area contributed by atoms with Crippen LogP contribution in [0, 0.1) is 6.92 Å². The molecular weight excluding hydrogens is 260 g/mol. The summed E-state index contributed by atoms with van der Waals surface area (Å²) >= 11 is 0. The molecule has 0 saturated carbocycles. The van der Waals surface area contributed by atoms with E-state index >= 15 is 0 Å². The average molecular weight is 278 g/mol. The number of carbonyl (C=O) groups excluding carboxylic acids is 1. The van der Waals surface area contributed by atoms with Crippen molar-refractivity contribution >= 4 is 5.91 Å². The zero-order chi connectivity index (χ0) is 13.9. The average Bonchev–Trinajstić information content (AvgIpc) is 2.94. The predicted octanol–water partition coefficient (Wildman–Crippen LogP) is 0.707. The molecule has 2 aliphatic heterocycles. The number of amides is 1. The Morgan fingerprint density at radius 1 is 1.50 bits per heavy atom. The highest BCUT2D eigenvalue weighted by Crippen LogP contribution is 2.22. The van der Waals surface area contributed by atoms with E-state index in [1.54, 1.807) is 11.2 Å². The molecule has 1 amide bonds. The number of hydrogen-bond acceptors (Lipinski definition) is 5. The predicted molar refractivity (Wildman–Crippen MR) is 69.7 cm³/mol. The van der Waals surface area contributed by atoms with E-state index in [1.807, 2.05) is 6.92 Å². The van der Waals surface area contributed by atoms with E-state index in [-0.39, 0.29) is 12.0 Å². The van der Waals surface area contributed by atoms with Crippen LogP contribution in [0.1, 0.15) is 30.6 Å². The fourth-order valence-corrected chi connectivity index (χ4v) is 2.42. The maximum Gasteiger partial charge on any atom is 0.253 e. The molecule has 0 aliphatic carbocycles. The molecule has 1 atom stereocenters. The number of aromatic amines is 1. The van der Waals surface area contributed by atoms with Crippen molar-refractivity contribution in [1.82, 2.24) is 20.1 Å². The van der Waals surface area contributed by atoms with Crippen LogP contribution in [-0.2, 0) is 14.3 Å². The molecule has 1 saturated heterocycles. The quantitative estimate of drug-likeness (QED) is 0.861. The van der Waals surface area contributed by atoms with Gasteiger partial charge >= 0.3 is 0 Å². The number of rotatable bonds is 2. The normalized spacial score (nSPS) is 23.1. The number of H-pyrrole nitrogens is 1. The molecule has 3 rings (SSSR count). The number of morpholine rings is 1. The Balaban J connectivity index is 1.68. The fraction of sp³-hybridized carbons (Fsp3) is 0.615. The summed E-state index contributed by atoms with van der Waals surface area (Å²) < 4.78 is 10.9. The Hall–Kier alpha value is -1.89. The van der Waals surface area contributed by atoms with E-state index < -0.39 is 0 Å². The number of nitrogens with one attached hydrogen (secondary N) is 1. The molecule has 0 spiro atoms. The first-order valence-corrected chi connectivity index (χ1v) is 6.84. The monoisotopic (exact) mass is 278 g/mol. The molecule has 20 heavy (non-hydrogen) atoms. The summed E-state index contributed by atoms with van der Waals surface area (Å²) in [5.41, 5.74) is 0.739. The molecule has 7 nitrogen and oxygen atoms in total. The zero-order valence-corrected chi connectivity index (χ0v) is 11.5. The van der Waals surface area contributed by atoms with Gasteiger partial charge in [-0.25, -0.2) is 4.98 Å². The third kappa shape index (κ3) is 2.67. The summed E-state index contributed by atoms with van der Waals surface area (Å²) in [6.45, 7) is 4.10. The van der Waals surface area contributed by atoms with Gasteiger partial charge in [0.25, 0.3) is 5.91 Å². The molecular formula is C13H18N4O3. The van der Waals surface area contributed by atoms with Gasteiger partial charge in [0.2, 0.25) is 0 Å². The minimum Gasteiger partial charge on any atom is -0.501 e. The molecule has 108 valence electrons. The molecule has 3 heterocycles. The van der Waals surface area contributed by atoms with Gasteiger partial charge in [-0.3, -0.25) is 9.89 Å². The van der Waals surface area contributed by atoms with Crippen LogP contribution < -0.4 is 0 Å². The van der Waals surface area contributed by atoms with Crippen molar-refractivity contribution in [3.05, 3.63) is 23.5 Å². The van der Waals surface area contributed by atoms with Crippen LogP contribution in [0.3, 0.4) is 0 Å². The number of aryl methyl sites for hydroxylation is 1. The largest absolute Gasteiger partial charge is 0.501 e. The SMILES string of the molecule is Cc1nc([C@@H]2CN(C(=O)C3=COCCC3)CCO2)n[nH]1. The summed E-state index contributed by atoms with van der Waals surface area (Å²) in [6.07, 6.45) is 3.00. The molecule has 0 radical (unpaired) electrons. The summed E-state index contributed by atoms with van der Waals surface area (Å²) in [5.74, 6) is 1.38. The Labute approximate surface area is 117 Å². The number of ether oxygens (including phenoxy) is 2. The van der Waals surface area contributed by atoms with E-state index in [0.717, 1.165) is 24.2 Å². The maximum absolute atomic E-state index is 12.4. The first-order chi connectivity index (χ1) is 9.74. The van der Waals surface area contributed by atoms with Gasteiger partial charge < -0.3 is 14.4 Å². The second-order valence-electron chi connectivity index (χ2n) is 5.01. The topological polar surface area (TPSA) is 80.3 Å². The molecule has 1 aromatic rings. The van der Waals surface area contributed by atoms with Crippen molar-refractivity contribution < 1.29 is 14.3 Å². The number of carbonyl (C=O) groups is 1. The molecule has 7 heteroatoms. The van der Waals surface area contributed by atoms with Crippen molar-refractivity contribution in [3.8, 4) is 0 Å². The van der Waals surface area contributed by atoms with Crippen molar-refractivity contribution in [3.63, 3.8) is 0 Å². The van der Waals surface area contributed by atoms with Gasteiger partial charge in [-0.15, -0.1) is 0 Å². The Morgan fingerprint density at radius 3 is 3.10 bits per heavy atom. The van der Waals surface area contributed by atoms with Crippen LogP contribution in [0.2, 0.25) is 0 Å². The van der Waals surface area contributed by atoms with E-state index in [1.165, 1.54) is 0 Å². The zero-order valence-electron chi connectivity index (χ0n) is 11.5. The van der Waals surface area contributed by atoms with Gasteiger partial charge in [0.15, 0.2) is 5.82 Å². The van der Waals surface area contributed by atoms with Crippen LogP contribution >= 0.6 is 0 Å². The number of nitrogens with zero attached hydrogens (tertiary/aromatic N) is 3. The van der Waals surface area contributed by atoms with Gasteiger partial charge in [0.1, 0.15) is 11.9 Å². The smallest absolute Gasteiger partial charge is 0.253 e. The Kier molecular flexibility index (Phi) is 3.68. The second kappa shape index (κ2) is 5.62. The molecule has 0 unspecified atom stereocenters. The first-order valence-electron chi connectivity index (χ1n) is 6.84. The lowest BCUT2D eigenvalue weighted by Gasteiger charge is -2.32. The summed E-state index contributed by atoms with van der Waals surface area (Å²) in [6, 6.07) is 0. The van der Waals surface area contributed by atoms with Gasteiger partial charge in [0.05, 0.1) is 31.6 Å². The summed E-state index contributed by atoms with van der Waals surface area (Å²) in [5, 5.41) is 6.90. The second-order valence-corrected chi connectivity index (χ2v) is 5.01. The van der Waals surface area contributed by atoms with Gasteiger partial charge in [-0.1, -0.05) is 0 Å². The minimum atomic E-state index is -0.261. The lowest BCUT2D eigenvalue weighted by molar-refractivity contribution is -0.135. The van der Waals surface area contributed by atoms with Crippen LogP contribution in [0.15, 0.2) is 11.8 Å². The highest BCUT2D eigenvalue weighted by molar-refractivity contribution is 5.93. The summed E-state index contributed by atoms with van der Waals surface area (Å²) in [4.78, 5) is 18.5. The van der Waals surface area contributed by atoms with Gasteiger partial charge in [-0.05, 0) is 19.8 Å². The molecule has 1 N–H and O–H groups in total. The van der Waals surface area contributed by atoms with Crippen molar-refractivity contribution in [1.29, 1.82) is 0 Å². The lowest BCUT2D eigenvalue weighted by atomic mass is 10.1. The van der Waals surface area contributed by atoms with E-state index in [0.29, 0.717) is 32.1 Å². The van der Waals surface area contributed by atoms with E-state index in [4.69, 9.17) is 9.47 Å². The van der Waals surface area contributed by atoms with Gasteiger partial charge in [0, 0.05) is 6.54 Å². The van der Waals surface area contributed by atoms with E-state index in [9.17, 15) is 4.79 Å². The number of hydrogen-bond donors (Lipinski definition) is 1. The van der Waals surface area contributed by atoms with Crippen molar-refractivity contribution in [2.45, 2.75) is 25.9 Å². The maximum atomic E-state index is 12.4. The fourth-order valence-electron chi connectivity index (χ4n) is 2.42. The minimum absolute atomic E-state index is 0.0326. The van der Waals surface area contributed by atoms with Crippen LogP contribution in [0.4, 0.5) is 0 Å². The van der Waals surface area contributed by atoms with Crippen LogP contribution in [0.25, 0.3) is 0 Å².